The Hall–Kier alpha value is -0.650. The first kappa shape index (κ1) is 16.4. The van der Waals surface area contributed by atoms with Crippen molar-refractivity contribution < 1.29 is 9.18 Å². The molecule has 106 valence electrons. The van der Waals surface area contributed by atoms with E-state index in [0.717, 1.165) is 25.9 Å². The van der Waals surface area contributed by atoms with E-state index in [1.807, 2.05) is 0 Å². The Morgan fingerprint density at radius 2 is 2.32 bits per heavy atom. The molecule has 0 spiro atoms. The summed E-state index contributed by atoms with van der Waals surface area (Å²) >= 11 is 3.09. The van der Waals surface area contributed by atoms with Gasteiger partial charge < -0.3 is 10.6 Å². The number of anilines is 1. The van der Waals surface area contributed by atoms with Crippen LogP contribution in [0.25, 0.3) is 0 Å². The van der Waals surface area contributed by atoms with Crippen molar-refractivity contribution in [1.29, 1.82) is 0 Å². The van der Waals surface area contributed by atoms with E-state index in [-0.39, 0.29) is 24.1 Å². The first-order chi connectivity index (χ1) is 8.65. The molecule has 1 fully saturated rings. The molecule has 6 heteroatoms. The number of benzene rings is 1. The molecule has 2 N–H and O–H groups in total. The third-order valence-corrected chi connectivity index (χ3v) is 3.75. The number of hydrogen-bond donors (Lipinski definition) is 2. The predicted molar refractivity (Wildman–Crippen MR) is 80.2 cm³/mol. The molecule has 1 unspecified atom stereocenters. The van der Waals surface area contributed by atoms with Gasteiger partial charge in [0.05, 0.1) is 4.47 Å². The van der Waals surface area contributed by atoms with E-state index in [1.54, 1.807) is 12.1 Å². The normalized spacial score (nSPS) is 17.9. The van der Waals surface area contributed by atoms with Gasteiger partial charge in [-0.2, -0.15) is 0 Å². The average Bonchev–Trinajstić information content (AvgIpc) is 2.84. The minimum absolute atomic E-state index is 0. The molecule has 0 radical (unpaired) electrons. The number of hydrogen-bond acceptors (Lipinski definition) is 2. The molecule has 0 aliphatic carbocycles. The van der Waals surface area contributed by atoms with Gasteiger partial charge in [-0.25, -0.2) is 4.39 Å². The smallest absolute Gasteiger partial charge is 0.224 e. The molecular formula is C13H17BrClFN2O. The van der Waals surface area contributed by atoms with Crippen molar-refractivity contribution in [2.75, 3.05) is 18.4 Å². The summed E-state index contributed by atoms with van der Waals surface area (Å²) in [6, 6.07) is 4.47. The van der Waals surface area contributed by atoms with Gasteiger partial charge in [-0.05, 0) is 66.0 Å². The zero-order valence-electron chi connectivity index (χ0n) is 10.4. The molecule has 1 amide bonds. The lowest BCUT2D eigenvalue weighted by atomic mass is 10.0. The van der Waals surface area contributed by atoms with Crippen molar-refractivity contribution in [2.45, 2.75) is 19.3 Å². The van der Waals surface area contributed by atoms with Crippen LogP contribution in [-0.4, -0.2) is 19.0 Å². The predicted octanol–water partition coefficient (Wildman–Crippen LogP) is 3.34. The third kappa shape index (κ3) is 5.09. The SMILES string of the molecule is Cl.O=C(CCC1CCNC1)Nc1ccc(F)c(Br)c1. The average molecular weight is 352 g/mol. The third-order valence-electron chi connectivity index (χ3n) is 3.15. The summed E-state index contributed by atoms with van der Waals surface area (Å²) in [5.74, 6) is 0.265. The standard InChI is InChI=1S/C13H16BrFN2O.ClH/c14-11-7-10(2-3-12(11)15)17-13(18)4-1-9-5-6-16-8-9;/h2-3,7,9,16H,1,4-6,8H2,(H,17,18);1H. The lowest BCUT2D eigenvalue weighted by Gasteiger charge is -2.09. The molecule has 1 aliphatic rings. The van der Waals surface area contributed by atoms with Gasteiger partial charge in [0.1, 0.15) is 5.82 Å². The van der Waals surface area contributed by atoms with Gasteiger partial charge in [0.15, 0.2) is 0 Å². The number of nitrogens with one attached hydrogen (secondary N) is 2. The van der Waals surface area contributed by atoms with Crippen LogP contribution < -0.4 is 10.6 Å². The second-order valence-electron chi connectivity index (χ2n) is 4.57. The van der Waals surface area contributed by atoms with Gasteiger partial charge in [0, 0.05) is 12.1 Å². The molecule has 1 aromatic rings. The zero-order chi connectivity index (χ0) is 13.0. The van der Waals surface area contributed by atoms with Crippen molar-refractivity contribution >= 4 is 39.9 Å². The summed E-state index contributed by atoms with van der Waals surface area (Å²) in [5.41, 5.74) is 0.623. The van der Waals surface area contributed by atoms with Crippen LogP contribution in [0.15, 0.2) is 22.7 Å². The van der Waals surface area contributed by atoms with Crippen molar-refractivity contribution in [2.24, 2.45) is 5.92 Å². The minimum atomic E-state index is -0.329. The molecule has 19 heavy (non-hydrogen) atoms. The maximum atomic E-state index is 13.0. The van der Waals surface area contributed by atoms with Crippen LogP contribution in [0.2, 0.25) is 0 Å². The molecule has 1 atom stereocenters. The van der Waals surface area contributed by atoms with Gasteiger partial charge in [-0.3, -0.25) is 4.79 Å². The molecule has 0 bridgehead atoms. The molecule has 1 saturated heterocycles. The monoisotopic (exact) mass is 350 g/mol. The first-order valence-corrected chi connectivity index (χ1v) is 6.90. The lowest BCUT2D eigenvalue weighted by Crippen LogP contribution is -2.15. The number of rotatable bonds is 4. The van der Waals surface area contributed by atoms with Crippen LogP contribution in [0, 0.1) is 11.7 Å². The number of carbonyl (C=O) groups is 1. The van der Waals surface area contributed by atoms with E-state index in [4.69, 9.17) is 0 Å². The highest BCUT2D eigenvalue weighted by Crippen LogP contribution is 2.20. The highest BCUT2D eigenvalue weighted by atomic mass is 79.9. The largest absolute Gasteiger partial charge is 0.326 e. The van der Waals surface area contributed by atoms with E-state index in [0.29, 0.717) is 22.5 Å². The Balaban J connectivity index is 0.00000180. The maximum Gasteiger partial charge on any atom is 0.224 e. The summed E-state index contributed by atoms with van der Waals surface area (Å²) < 4.78 is 13.4. The quantitative estimate of drug-likeness (QED) is 0.873. The van der Waals surface area contributed by atoms with Crippen molar-refractivity contribution in [3.8, 4) is 0 Å². The fourth-order valence-electron chi connectivity index (χ4n) is 2.09. The van der Waals surface area contributed by atoms with Gasteiger partial charge in [0.2, 0.25) is 5.91 Å². The second kappa shape index (κ2) is 7.82. The van der Waals surface area contributed by atoms with E-state index < -0.39 is 0 Å². The van der Waals surface area contributed by atoms with E-state index >= 15 is 0 Å². The van der Waals surface area contributed by atoms with Crippen molar-refractivity contribution in [3.05, 3.63) is 28.5 Å². The number of amides is 1. The van der Waals surface area contributed by atoms with Crippen LogP contribution >= 0.6 is 28.3 Å². The van der Waals surface area contributed by atoms with Gasteiger partial charge >= 0.3 is 0 Å². The lowest BCUT2D eigenvalue weighted by molar-refractivity contribution is -0.116. The second-order valence-corrected chi connectivity index (χ2v) is 5.43. The molecular weight excluding hydrogens is 335 g/mol. The van der Waals surface area contributed by atoms with E-state index in [1.165, 1.54) is 6.07 Å². The maximum absolute atomic E-state index is 13.0. The fourth-order valence-corrected chi connectivity index (χ4v) is 2.47. The zero-order valence-corrected chi connectivity index (χ0v) is 12.8. The van der Waals surface area contributed by atoms with Gasteiger partial charge in [-0.1, -0.05) is 0 Å². The Labute approximate surface area is 126 Å². The van der Waals surface area contributed by atoms with Gasteiger partial charge in [-0.15, -0.1) is 12.4 Å². The van der Waals surface area contributed by atoms with Crippen LogP contribution in [0.1, 0.15) is 19.3 Å². The highest BCUT2D eigenvalue weighted by molar-refractivity contribution is 9.10. The van der Waals surface area contributed by atoms with E-state index in [9.17, 15) is 9.18 Å². The van der Waals surface area contributed by atoms with Crippen molar-refractivity contribution in [1.82, 2.24) is 5.32 Å². The molecule has 0 aromatic heterocycles. The van der Waals surface area contributed by atoms with Crippen molar-refractivity contribution in [3.63, 3.8) is 0 Å². The molecule has 3 nitrogen and oxygen atoms in total. The minimum Gasteiger partial charge on any atom is -0.326 e. The summed E-state index contributed by atoms with van der Waals surface area (Å²) in [7, 11) is 0. The summed E-state index contributed by atoms with van der Waals surface area (Å²) in [6.07, 6.45) is 2.57. The Morgan fingerprint density at radius 3 is 2.95 bits per heavy atom. The Morgan fingerprint density at radius 1 is 1.53 bits per heavy atom. The summed E-state index contributed by atoms with van der Waals surface area (Å²) in [5, 5.41) is 6.06. The summed E-state index contributed by atoms with van der Waals surface area (Å²) in [6.45, 7) is 2.06. The van der Waals surface area contributed by atoms with Crippen LogP contribution in [-0.2, 0) is 4.79 Å². The molecule has 0 saturated carbocycles. The van der Waals surface area contributed by atoms with Gasteiger partial charge in [0.25, 0.3) is 0 Å². The first-order valence-electron chi connectivity index (χ1n) is 6.11. The fraction of sp³-hybridized carbons (Fsp3) is 0.462. The topological polar surface area (TPSA) is 41.1 Å². The van der Waals surface area contributed by atoms with E-state index in [2.05, 4.69) is 26.6 Å². The van der Waals surface area contributed by atoms with Crippen LogP contribution in [0.4, 0.5) is 10.1 Å². The molecule has 1 aliphatic heterocycles. The Bertz CT molecular complexity index is 439. The molecule has 1 heterocycles. The highest BCUT2D eigenvalue weighted by Gasteiger charge is 2.15. The summed E-state index contributed by atoms with van der Waals surface area (Å²) in [4.78, 5) is 11.7. The van der Waals surface area contributed by atoms with Crippen LogP contribution in [0.3, 0.4) is 0 Å². The Kier molecular flexibility index (Phi) is 6.75. The molecule has 2 rings (SSSR count). The molecule has 1 aromatic carbocycles. The number of carbonyl (C=O) groups excluding carboxylic acids is 1. The number of halogens is 3. The van der Waals surface area contributed by atoms with Crippen LogP contribution in [0.5, 0.6) is 0 Å².